The molecular weight excluding hydrogens is 630 g/mol. The number of piperidine rings is 1. The summed E-state index contributed by atoms with van der Waals surface area (Å²) in [5, 5.41) is 7.56. The minimum atomic E-state index is -3.52. The van der Waals surface area contributed by atoms with Gasteiger partial charge in [-0.2, -0.15) is 4.31 Å². The zero-order valence-electron chi connectivity index (χ0n) is 19.5. The van der Waals surface area contributed by atoms with Crippen LogP contribution in [-0.2, 0) is 14.8 Å². The normalized spacial score (nSPS) is 15.0. The average Bonchev–Trinajstić information content (AvgIpc) is 2.84. The second-order valence-electron chi connectivity index (χ2n) is 8.65. The summed E-state index contributed by atoms with van der Waals surface area (Å²) >= 11 is 12.2. The summed E-state index contributed by atoms with van der Waals surface area (Å²) < 4.78 is 34.7. The van der Waals surface area contributed by atoms with Crippen molar-refractivity contribution in [2.45, 2.75) is 24.7 Å². The summed E-state index contributed by atoms with van der Waals surface area (Å²) in [5.41, 5.74) is 0.566. The Morgan fingerprint density at radius 3 is 2.47 bits per heavy atom. The van der Waals surface area contributed by atoms with Crippen molar-refractivity contribution in [2.75, 3.05) is 25.0 Å². The number of rotatable bonds is 6. The third-order valence-corrected chi connectivity index (χ3v) is 9.41. The summed E-state index contributed by atoms with van der Waals surface area (Å²) in [6.07, 6.45) is 1.73. The molecule has 0 saturated carbocycles. The minimum Gasteiger partial charge on any atom is -0.483 e. The lowest BCUT2D eigenvalue weighted by Crippen LogP contribution is -2.38. The van der Waals surface area contributed by atoms with Gasteiger partial charge in [-0.15, -0.1) is 0 Å². The standard InChI is InChI=1S/C25H25Br2N3O4S2/c1-16-10-12-30(13-11-16)36(32,33)20-6-4-19(5-7-20)28-25(35)29-23(31)15-34-22-9-2-17-14-18(26)3-8-21(17)24(22)27/h2-9,14,16H,10-13,15H2,1H3,(H2,28,29,31,35). The van der Waals surface area contributed by atoms with Gasteiger partial charge in [-0.1, -0.05) is 35.0 Å². The predicted molar refractivity (Wildman–Crippen MR) is 153 cm³/mol. The smallest absolute Gasteiger partial charge is 0.264 e. The van der Waals surface area contributed by atoms with Crippen molar-refractivity contribution < 1.29 is 17.9 Å². The first-order chi connectivity index (χ1) is 17.1. The van der Waals surface area contributed by atoms with E-state index in [4.69, 9.17) is 17.0 Å². The van der Waals surface area contributed by atoms with Gasteiger partial charge in [0.1, 0.15) is 5.75 Å². The maximum absolute atomic E-state index is 12.9. The van der Waals surface area contributed by atoms with E-state index in [0.29, 0.717) is 30.4 Å². The summed E-state index contributed by atoms with van der Waals surface area (Å²) in [6.45, 7) is 2.98. The predicted octanol–water partition coefficient (Wildman–Crippen LogP) is 5.68. The molecule has 190 valence electrons. The maximum Gasteiger partial charge on any atom is 0.264 e. The molecule has 0 spiro atoms. The lowest BCUT2D eigenvalue weighted by atomic mass is 10.0. The molecule has 11 heteroatoms. The fourth-order valence-electron chi connectivity index (χ4n) is 3.91. The highest BCUT2D eigenvalue weighted by molar-refractivity contribution is 9.11. The number of thiocarbonyl (C=S) groups is 1. The van der Waals surface area contributed by atoms with Gasteiger partial charge in [0.25, 0.3) is 5.91 Å². The first-order valence-electron chi connectivity index (χ1n) is 11.3. The van der Waals surface area contributed by atoms with E-state index in [1.807, 2.05) is 24.3 Å². The molecule has 3 aromatic carbocycles. The number of amides is 1. The van der Waals surface area contributed by atoms with Gasteiger partial charge in [-0.3, -0.25) is 10.1 Å². The molecule has 1 aliphatic rings. The van der Waals surface area contributed by atoms with Gasteiger partial charge in [0.05, 0.1) is 9.37 Å². The number of benzene rings is 3. The molecule has 0 unspecified atom stereocenters. The molecule has 0 aromatic heterocycles. The molecule has 36 heavy (non-hydrogen) atoms. The van der Waals surface area contributed by atoms with Crippen LogP contribution in [0.15, 0.2) is 68.4 Å². The molecule has 4 rings (SSSR count). The van der Waals surface area contributed by atoms with Gasteiger partial charge >= 0.3 is 0 Å². The van der Waals surface area contributed by atoms with Crippen LogP contribution in [0.3, 0.4) is 0 Å². The van der Waals surface area contributed by atoms with Crippen LogP contribution in [0, 0.1) is 5.92 Å². The van der Waals surface area contributed by atoms with Crippen molar-refractivity contribution >= 4 is 81.6 Å². The molecule has 0 aliphatic carbocycles. The number of nitrogens with zero attached hydrogens (tertiary/aromatic N) is 1. The van der Waals surface area contributed by atoms with Crippen LogP contribution in [0.25, 0.3) is 10.8 Å². The molecular formula is C25H25Br2N3O4S2. The minimum absolute atomic E-state index is 0.0895. The molecule has 1 aliphatic heterocycles. The number of hydrogen-bond acceptors (Lipinski definition) is 5. The van der Waals surface area contributed by atoms with Crippen molar-refractivity contribution in [3.63, 3.8) is 0 Å². The Labute approximate surface area is 232 Å². The molecule has 1 fully saturated rings. The molecule has 0 radical (unpaired) electrons. The number of fused-ring (bicyclic) bond motifs is 1. The maximum atomic E-state index is 12.9. The number of hydrogen-bond donors (Lipinski definition) is 2. The van der Waals surface area contributed by atoms with Crippen LogP contribution < -0.4 is 15.4 Å². The first-order valence-corrected chi connectivity index (χ1v) is 14.8. The van der Waals surface area contributed by atoms with E-state index in [-0.39, 0.29) is 16.6 Å². The summed E-state index contributed by atoms with van der Waals surface area (Å²) in [6, 6.07) is 15.9. The van der Waals surface area contributed by atoms with Crippen LogP contribution >= 0.6 is 44.1 Å². The number of nitrogens with one attached hydrogen (secondary N) is 2. The third kappa shape index (κ3) is 6.44. The van der Waals surface area contributed by atoms with Crippen LogP contribution in [0.2, 0.25) is 0 Å². The number of carbonyl (C=O) groups is 1. The van der Waals surface area contributed by atoms with Crippen molar-refractivity contribution in [1.82, 2.24) is 9.62 Å². The van der Waals surface area contributed by atoms with Crippen molar-refractivity contribution in [1.29, 1.82) is 0 Å². The number of halogens is 2. The van der Waals surface area contributed by atoms with E-state index >= 15 is 0 Å². The highest BCUT2D eigenvalue weighted by Crippen LogP contribution is 2.34. The monoisotopic (exact) mass is 653 g/mol. The molecule has 2 N–H and O–H groups in total. The Hall–Kier alpha value is -2.05. The molecule has 7 nitrogen and oxygen atoms in total. The fraction of sp³-hybridized carbons (Fsp3) is 0.280. The van der Waals surface area contributed by atoms with Gasteiger partial charge in [0.2, 0.25) is 10.0 Å². The third-order valence-electron chi connectivity index (χ3n) is 5.98. The fourth-order valence-corrected chi connectivity index (χ4v) is 6.60. The molecule has 0 atom stereocenters. The highest BCUT2D eigenvalue weighted by atomic mass is 79.9. The zero-order chi connectivity index (χ0) is 25.9. The van der Waals surface area contributed by atoms with Gasteiger partial charge in [0, 0.05) is 23.2 Å². The van der Waals surface area contributed by atoms with E-state index in [2.05, 4.69) is 49.4 Å². The highest BCUT2D eigenvalue weighted by Gasteiger charge is 2.27. The Balaban J connectivity index is 1.30. The van der Waals surface area contributed by atoms with Gasteiger partial charge in [-0.05, 0) is 100 Å². The summed E-state index contributed by atoms with van der Waals surface area (Å²) in [5.74, 6) is 0.661. The average molecular weight is 655 g/mol. The molecule has 1 heterocycles. The largest absolute Gasteiger partial charge is 0.483 e. The van der Waals surface area contributed by atoms with E-state index in [9.17, 15) is 13.2 Å². The molecule has 1 amide bonds. The van der Waals surface area contributed by atoms with Crippen molar-refractivity contribution in [2.24, 2.45) is 5.92 Å². The quantitative estimate of drug-likeness (QED) is 0.333. The number of carbonyl (C=O) groups excluding carboxylic acids is 1. The molecule has 0 bridgehead atoms. The van der Waals surface area contributed by atoms with E-state index in [1.54, 1.807) is 30.3 Å². The van der Waals surface area contributed by atoms with Crippen molar-refractivity contribution in [3.05, 3.63) is 63.5 Å². The Bertz CT molecular complexity index is 1390. The van der Waals surface area contributed by atoms with Crippen LogP contribution in [-0.4, -0.2) is 43.4 Å². The van der Waals surface area contributed by atoms with Gasteiger partial charge < -0.3 is 10.1 Å². The van der Waals surface area contributed by atoms with Crippen LogP contribution in [0.1, 0.15) is 19.8 Å². The SMILES string of the molecule is CC1CCN(S(=O)(=O)c2ccc(NC(=S)NC(=O)COc3ccc4cc(Br)ccc4c3Br)cc2)CC1. The topological polar surface area (TPSA) is 87.7 Å². The zero-order valence-corrected chi connectivity index (χ0v) is 24.3. The second kappa shape index (κ2) is 11.6. The molecule has 3 aromatic rings. The first kappa shape index (κ1) is 27.0. The summed E-state index contributed by atoms with van der Waals surface area (Å²) in [4.78, 5) is 12.6. The van der Waals surface area contributed by atoms with E-state index < -0.39 is 15.9 Å². The van der Waals surface area contributed by atoms with Gasteiger partial charge in [-0.25, -0.2) is 8.42 Å². The number of anilines is 1. The summed E-state index contributed by atoms with van der Waals surface area (Å²) in [7, 11) is -3.52. The van der Waals surface area contributed by atoms with Gasteiger partial charge in [0.15, 0.2) is 11.7 Å². The van der Waals surface area contributed by atoms with Crippen LogP contribution in [0.4, 0.5) is 5.69 Å². The lowest BCUT2D eigenvalue weighted by molar-refractivity contribution is -0.121. The number of ether oxygens (including phenoxy) is 1. The van der Waals surface area contributed by atoms with Crippen LogP contribution in [0.5, 0.6) is 5.75 Å². The van der Waals surface area contributed by atoms with E-state index in [0.717, 1.165) is 32.6 Å². The Morgan fingerprint density at radius 2 is 1.78 bits per heavy atom. The molecule has 1 saturated heterocycles. The Morgan fingerprint density at radius 1 is 1.08 bits per heavy atom. The van der Waals surface area contributed by atoms with E-state index in [1.165, 1.54) is 4.31 Å². The lowest BCUT2D eigenvalue weighted by Gasteiger charge is -2.29. The second-order valence-corrected chi connectivity index (χ2v) is 12.7. The number of sulfonamides is 1. The Kier molecular flexibility index (Phi) is 8.67. The van der Waals surface area contributed by atoms with Crippen molar-refractivity contribution in [3.8, 4) is 5.75 Å².